The van der Waals surface area contributed by atoms with Gasteiger partial charge in [0.2, 0.25) is 0 Å². The van der Waals surface area contributed by atoms with Crippen LogP contribution in [-0.4, -0.2) is 26.0 Å². The maximum Gasteiger partial charge on any atom is 0.185 e. The van der Waals surface area contributed by atoms with E-state index in [2.05, 4.69) is 25.7 Å². The molecule has 0 fully saturated rings. The molecular weight excluding hydrogens is 362 g/mol. The molecule has 0 atom stereocenters. The van der Waals surface area contributed by atoms with Crippen LogP contribution in [0.5, 0.6) is 11.5 Å². The van der Waals surface area contributed by atoms with E-state index in [0.717, 1.165) is 22.6 Å². The Morgan fingerprint density at radius 3 is 2.24 bits per heavy atom. The second-order valence-corrected chi connectivity index (χ2v) is 7.20. The van der Waals surface area contributed by atoms with Crippen molar-refractivity contribution in [3.8, 4) is 11.5 Å². The molecule has 154 valence electrons. The Balaban J connectivity index is 2.45. The standard InChI is InChI=1S/C25H31NO3/c1-7-25(4,5)21-16-19(23(28-8-2)17-24(21)29-9-3)12-15-22(27)18-10-13-20(26-6)14-11-18/h7,10-17,26H,1,8-9H2,2-6H3/b15-12+. The molecule has 1 N–H and O–H groups in total. The third kappa shape index (κ3) is 5.50. The Kier molecular flexibility index (Phi) is 7.66. The highest BCUT2D eigenvalue weighted by molar-refractivity contribution is 6.07. The normalized spacial score (nSPS) is 11.3. The van der Waals surface area contributed by atoms with E-state index < -0.39 is 0 Å². The summed E-state index contributed by atoms with van der Waals surface area (Å²) in [5, 5.41) is 3.05. The van der Waals surface area contributed by atoms with Crippen molar-refractivity contribution >= 4 is 17.5 Å². The molecule has 29 heavy (non-hydrogen) atoms. The number of hydrogen-bond acceptors (Lipinski definition) is 4. The van der Waals surface area contributed by atoms with Crippen LogP contribution >= 0.6 is 0 Å². The van der Waals surface area contributed by atoms with Crippen LogP contribution in [0.3, 0.4) is 0 Å². The fourth-order valence-electron chi connectivity index (χ4n) is 2.94. The van der Waals surface area contributed by atoms with Crippen LogP contribution < -0.4 is 14.8 Å². The highest BCUT2D eigenvalue weighted by Crippen LogP contribution is 2.38. The van der Waals surface area contributed by atoms with Gasteiger partial charge in [0, 0.05) is 40.9 Å². The van der Waals surface area contributed by atoms with Crippen molar-refractivity contribution in [1.29, 1.82) is 0 Å². The lowest BCUT2D eigenvalue weighted by molar-refractivity contribution is 0.104. The zero-order chi connectivity index (χ0) is 21.4. The number of allylic oxidation sites excluding steroid dienone is 2. The van der Waals surface area contributed by atoms with Crippen molar-refractivity contribution in [2.24, 2.45) is 0 Å². The molecule has 0 aliphatic carbocycles. The largest absolute Gasteiger partial charge is 0.493 e. The van der Waals surface area contributed by atoms with Gasteiger partial charge in [0.15, 0.2) is 5.78 Å². The molecular formula is C25H31NO3. The molecule has 0 radical (unpaired) electrons. The second kappa shape index (κ2) is 9.97. The lowest BCUT2D eigenvalue weighted by atomic mass is 9.83. The van der Waals surface area contributed by atoms with Gasteiger partial charge >= 0.3 is 0 Å². The maximum absolute atomic E-state index is 12.6. The van der Waals surface area contributed by atoms with Crippen molar-refractivity contribution in [2.45, 2.75) is 33.1 Å². The first-order chi connectivity index (χ1) is 13.9. The number of rotatable bonds is 10. The smallest absolute Gasteiger partial charge is 0.185 e. The second-order valence-electron chi connectivity index (χ2n) is 7.20. The summed E-state index contributed by atoms with van der Waals surface area (Å²) in [6, 6.07) is 11.3. The fourth-order valence-corrected chi connectivity index (χ4v) is 2.94. The third-order valence-corrected chi connectivity index (χ3v) is 4.79. The molecule has 0 saturated heterocycles. The van der Waals surface area contributed by atoms with Crippen molar-refractivity contribution in [3.05, 3.63) is 71.8 Å². The molecule has 0 amide bonds. The average Bonchev–Trinajstić information content (AvgIpc) is 2.73. The SMILES string of the molecule is C=CC(C)(C)c1cc(/C=C/C(=O)c2ccc(NC)cc2)c(OCC)cc1OCC. The van der Waals surface area contributed by atoms with Gasteiger partial charge in [-0.15, -0.1) is 6.58 Å². The summed E-state index contributed by atoms with van der Waals surface area (Å²) in [7, 11) is 1.85. The topological polar surface area (TPSA) is 47.6 Å². The summed E-state index contributed by atoms with van der Waals surface area (Å²) in [5.41, 5.74) is 3.15. The number of anilines is 1. The molecule has 2 aromatic rings. The molecule has 0 aromatic heterocycles. The first kappa shape index (κ1) is 22.3. The monoisotopic (exact) mass is 393 g/mol. The van der Waals surface area contributed by atoms with Gasteiger partial charge in [-0.25, -0.2) is 0 Å². The molecule has 0 bridgehead atoms. The summed E-state index contributed by atoms with van der Waals surface area (Å²) in [4.78, 5) is 12.6. The highest BCUT2D eigenvalue weighted by Gasteiger charge is 2.23. The Morgan fingerprint density at radius 1 is 1.07 bits per heavy atom. The minimum Gasteiger partial charge on any atom is -0.493 e. The third-order valence-electron chi connectivity index (χ3n) is 4.79. The van der Waals surface area contributed by atoms with Gasteiger partial charge in [0.1, 0.15) is 11.5 Å². The van der Waals surface area contributed by atoms with E-state index in [0.29, 0.717) is 24.5 Å². The van der Waals surface area contributed by atoms with E-state index >= 15 is 0 Å². The van der Waals surface area contributed by atoms with Gasteiger partial charge in [-0.1, -0.05) is 19.9 Å². The van der Waals surface area contributed by atoms with Crippen LogP contribution in [0.15, 0.2) is 55.1 Å². The van der Waals surface area contributed by atoms with Crippen LogP contribution in [0, 0.1) is 0 Å². The number of benzene rings is 2. The van der Waals surface area contributed by atoms with Gasteiger partial charge in [-0.3, -0.25) is 4.79 Å². The molecule has 4 heteroatoms. The predicted molar refractivity (Wildman–Crippen MR) is 121 cm³/mol. The fraction of sp³-hybridized carbons (Fsp3) is 0.320. The van der Waals surface area contributed by atoms with E-state index in [-0.39, 0.29) is 11.2 Å². The van der Waals surface area contributed by atoms with E-state index in [1.165, 1.54) is 0 Å². The van der Waals surface area contributed by atoms with Crippen LogP contribution in [0.25, 0.3) is 6.08 Å². The number of ketones is 1. The van der Waals surface area contributed by atoms with E-state index in [1.54, 1.807) is 12.2 Å². The van der Waals surface area contributed by atoms with Gasteiger partial charge < -0.3 is 14.8 Å². The van der Waals surface area contributed by atoms with Crippen molar-refractivity contribution in [3.63, 3.8) is 0 Å². The number of carbonyl (C=O) groups is 1. The Labute approximate surface area is 174 Å². The van der Waals surface area contributed by atoms with Crippen LogP contribution in [0.2, 0.25) is 0 Å². The van der Waals surface area contributed by atoms with Gasteiger partial charge in [-0.2, -0.15) is 0 Å². The number of ether oxygens (including phenoxy) is 2. The first-order valence-electron chi connectivity index (χ1n) is 9.94. The summed E-state index contributed by atoms with van der Waals surface area (Å²) >= 11 is 0. The molecule has 0 aliphatic rings. The summed E-state index contributed by atoms with van der Waals surface area (Å²) in [6.07, 6.45) is 5.28. The van der Waals surface area contributed by atoms with Crippen molar-refractivity contribution < 1.29 is 14.3 Å². The number of hydrogen-bond donors (Lipinski definition) is 1. The number of nitrogens with one attached hydrogen (secondary N) is 1. The summed E-state index contributed by atoms with van der Waals surface area (Å²) < 4.78 is 11.7. The molecule has 0 aliphatic heterocycles. The predicted octanol–water partition coefficient (Wildman–Crippen LogP) is 5.89. The molecule has 0 unspecified atom stereocenters. The minimum atomic E-state index is -0.287. The van der Waals surface area contributed by atoms with Crippen molar-refractivity contribution in [1.82, 2.24) is 0 Å². The zero-order valence-electron chi connectivity index (χ0n) is 18.0. The van der Waals surface area contributed by atoms with E-state index in [1.807, 2.05) is 63.4 Å². The Hall–Kier alpha value is -3.01. The molecule has 0 saturated carbocycles. The van der Waals surface area contributed by atoms with Gasteiger partial charge in [-0.05, 0) is 56.3 Å². The quantitative estimate of drug-likeness (QED) is 0.311. The van der Waals surface area contributed by atoms with Gasteiger partial charge in [0.25, 0.3) is 0 Å². The Bertz CT molecular complexity index is 880. The minimum absolute atomic E-state index is 0.0616. The summed E-state index contributed by atoms with van der Waals surface area (Å²) in [5.74, 6) is 1.40. The zero-order valence-corrected chi connectivity index (χ0v) is 18.0. The maximum atomic E-state index is 12.6. The van der Waals surface area contributed by atoms with Crippen LogP contribution in [0.1, 0.15) is 49.2 Å². The molecule has 2 rings (SSSR count). The summed E-state index contributed by atoms with van der Waals surface area (Å²) in [6.45, 7) is 13.1. The van der Waals surface area contributed by atoms with E-state index in [4.69, 9.17) is 9.47 Å². The number of carbonyl (C=O) groups excluding carboxylic acids is 1. The van der Waals surface area contributed by atoms with E-state index in [9.17, 15) is 4.79 Å². The lowest BCUT2D eigenvalue weighted by Crippen LogP contribution is -2.16. The average molecular weight is 394 g/mol. The Morgan fingerprint density at radius 2 is 1.69 bits per heavy atom. The highest BCUT2D eigenvalue weighted by atomic mass is 16.5. The molecule has 0 spiro atoms. The molecule has 2 aromatic carbocycles. The van der Waals surface area contributed by atoms with Crippen LogP contribution in [-0.2, 0) is 5.41 Å². The van der Waals surface area contributed by atoms with Crippen LogP contribution in [0.4, 0.5) is 5.69 Å². The molecule has 4 nitrogen and oxygen atoms in total. The van der Waals surface area contributed by atoms with Gasteiger partial charge in [0.05, 0.1) is 13.2 Å². The lowest BCUT2D eigenvalue weighted by Gasteiger charge is -2.25. The molecule has 0 heterocycles. The first-order valence-corrected chi connectivity index (χ1v) is 9.94. The van der Waals surface area contributed by atoms with Crippen molar-refractivity contribution in [2.75, 3.05) is 25.6 Å².